The van der Waals surface area contributed by atoms with E-state index in [1.54, 1.807) is 19.1 Å². The summed E-state index contributed by atoms with van der Waals surface area (Å²) in [5.74, 6) is -0.386. The number of hydrogen-bond donors (Lipinski definition) is 2. The van der Waals surface area contributed by atoms with Crippen molar-refractivity contribution >= 4 is 35.2 Å². The summed E-state index contributed by atoms with van der Waals surface area (Å²) in [6.45, 7) is 1.93. The average molecular weight is 353 g/mol. The molecule has 126 valence electrons. The first-order valence-electron chi connectivity index (χ1n) is 6.95. The number of anilines is 2. The van der Waals surface area contributed by atoms with Crippen LogP contribution in [-0.4, -0.2) is 18.8 Å². The zero-order valence-electron chi connectivity index (χ0n) is 12.6. The zero-order valence-corrected chi connectivity index (χ0v) is 13.4. The van der Waals surface area contributed by atoms with Crippen LogP contribution in [0.4, 0.5) is 25.4 Å². The molecule has 0 aromatic heterocycles. The molecular weight excluding hydrogens is 339 g/mol. The van der Waals surface area contributed by atoms with E-state index in [0.717, 1.165) is 6.07 Å². The normalized spacial score (nSPS) is 9.96. The monoisotopic (exact) mass is 352 g/mol. The molecule has 2 amide bonds. The molecule has 8 heteroatoms. The van der Waals surface area contributed by atoms with Crippen LogP contribution >= 0.6 is 11.6 Å². The van der Waals surface area contributed by atoms with E-state index in [2.05, 4.69) is 10.6 Å². The molecule has 0 atom stereocenters. The molecule has 0 unspecified atom stereocenters. The Balaban J connectivity index is 1.98. The van der Waals surface area contributed by atoms with E-state index in [1.807, 2.05) is 0 Å². The SMILES string of the molecule is CCOC(=O)Nc1cccc(OC(=O)Nc2ccc(F)c(Cl)c2)c1. The minimum Gasteiger partial charge on any atom is -0.450 e. The first kappa shape index (κ1) is 17.6. The molecule has 0 saturated carbocycles. The summed E-state index contributed by atoms with van der Waals surface area (Å²) in [4.78, 5) is 23.2. The van der Waals surface area contributed by atoms with Crippen LogP contribution in [0.2, 0.25) is 5.02 Å². The molecule has 0 radical (unpaired) electrons. The maximum Gasteiger partial charge on any atom is 0.417 e. The Morgan fingerprint density at radius 1 is 1.08 bits per heavy atom. The van der Waals surface area contributed by atoms with Gasteiger partial charge in [0.2, 0.25) is 0 Å². The summed E-state index contributed by atoms with van der Waals surface area (Å²) in [7, 11) is 0. The highest BCUT2D eigenvalue weighted by atomic mass is 35.5. The smallest absolute Gasteiger partial charge is 0.417 e. The van der Waals surface area contributed by atoms with E-state index >= 15 is 0 Å². The van der Waals surface area contributed by atoms with Gasteiger partial charge in [0.25, 0.3) is 0 Å². The highest BCUT2D eigenvalue weighted by molar-refractivity contribution is 6.31. The quantitative estimate of drug-likeness (QED) is 0.839. The van der Waals surface area contributed by atoms with Crippen LogP contribution < -0.4 is 15.4 Å². The second-order valence-electron chi connectivity index (χ2n) is 4.52. The Hall–Kier alpha value is -2.80. The third kappa shape index (κ3) is 5.13. The predicted molar refractivity (Wildman–Crippen MR) is 88.1 cm³/mol. The van der Waals surface area contributed by atoms with Crippen molar-refractivity contribution in [2.45, 2.75) is 6.92 Å². The second kappa shape index (κ2) is 8.16. The van der Waals surface area contributed by atoms with E-state index in [9.17, 15) is 14.0 Å². The lowest BCUT2D eigenvalue weighted by atomic mass is 10.3. The number of amides is 2. The molecule has 0 aliphatic heterocycles. The van der Waals surface area contributed by atoms with Crippen LogP contribution in [0.5, 0.6) is 5.75 Å². The largest absolute Gasteiger partial charge is 0.450 e. The van der Waals surface area contributed by atoms with E-state index in [-0.39, 0.29) is 23.1 Å². The molecule has 0 spiro atoms. The van der Waals surface area contributed by atoms with Gasteiger partial charge < -0.3 is 9.47 Å². The van der Waals surface area contributed by atoms with E-state index < -0.39 is 18.0 Å². The Morgan fingerprint density at radius 3 is 2.50 bits per heavy atom. The molecule has 2 aromatic carbocycles. The molecule has 0 saturated heterocycles. The number of nitrogens with one attached hydrogen (secondary N) is 2. The number of carbonyl (C=O) groups excluding carboxylic acids is 2. The fraction of sp³-hybridized carbons (Fsp3) is 0.125. The van der Waals surface area contributed by atoms with Crippen LogP contribution in [0.1, 0.15) is 6.92 Å². The fourth-order valence-corrected chi connectivity index (χ4v) is 1.93. The summed E-state index contributed by atoms with van der Waals surface area (Å²) >= 11 is 5.63. The van der Waals surface area contributed by atoms with Crippen molar-refractivity contribution in [3.8, 4) is 5.75 Å². The Labute approximate surface area is 142 Å². The lowest BCUT2D eigenvalue weighted by Gasteiger charge is -2.09. The minimum atomic E-state index is -0.786. The number of hydrogen-bond acceptors (Lipinski definition) is 4. The van der Waals surface area contributed by atoms with Gasteiger partial charge in [0.05, 0.1) is 11.6 Å². The number of benzene rings is 2. The van der Waals surface area contributed by atoms with Crippen molar-refractivity contribution in [3.05, 3.63) is 53.3 Å². The molecule has 6 nitrogen and oxygen atoms in total. The Kier molecular flexibility index (Phi) is 5.97. The number of rotatable bonds is 4. The lowest BCUT2D eigenvalue weighted by Crippen LogP contribution is -2.17. The van der Waals surface area contributed by atoms with Gasteiger partial charge in [0, 0.05) is 17.4 Å². The van der Waals surface area contributed by atoms with Crippen LogP contribution in [0, 0.1) is 5.82 Å². The average Bonchev–Trinajstić information content (AvgIpc) is 2.51. The molecule has 0 aliphatic rings. The van der Waals surface area contributed by atoms with Crippen molar-refractivity contribution in [2.75, 3.05) is 17.2 Å². The van der Waals surface area contributed by atoms with Gasteiger partial charge in [0.1, 0.15) is 11.6 Å². The summed E-state index contributed by atoms with van der Waals surface area (Å²) in [5, 5.41) is 4.79. The van der Waals surface area contributed by atoms with Gasteiger partial charge in [-0.15, -0.1) is 0 Å². The Morgan fingerprint density at radius 2 is 1.79 bits per heavy atom. The lowest BCUT2D eigenvalue weighted by molar-refractivity contribution is 0.168. The van der Waals surface area contributed by atoms with Crippen LogP contribution in [-0.2, 0) is 4.74 Å². The van der Waals surface area contributed by atoms with Crippen LogP contribution in [0.3, 0.4) is 0 Å². The van der Waals surface area contributed by atoms with E-state index in [1.165, 1.54) is 24.3 Å². The van der Waals surface area contributed by atoms with Gasteiger partial charge >= 0.3 is 12.2 Å². The Bertz CT molecular complexity index is 755. The fourth-order valence-electron chi connectivity index (χ4n) is 1.75. The number of ether oxygens (including phenoxy) is 2. The van der Waals surface area contributed by atoms with Gasteiger partial charge in [-0.3, -0.25) is 10.6 Å². The first-order chi connectivity index (χ1) is 11.5. The highest BCUT2D eigenvalue weighted by Crippen LogP contribution is 2.21. The molecular formula is C16H14ClFN2O4. The summed E-state index contributed by atoms with van der Waals surface area (Å²) in [5.41, 5.74) is 0.691. The van der Waals surface area contributed by atoms with Gasteiger partial charge in [-0.25, -0.2) is 14.0 Å². The van der Waals surface area contributed by atoms with Crippen LogP contribution in [0.15, 0.2) is 42.5 Å². The summed E-state index contributed by atoms with van der Waals surface area (Å²) in [6, 6.07) is 9.93. The minimum absolute atomic E-state index is 0.117. The first-order valence-corrected chi connectivity index (χ1v) is 7.33. The van der Waals surface area contributed by atoms with Crippen molar-refractivity contribution in [2.24, 2.45) is 0 Å². The van der Waals surface area contributed by atoms with Gasteiger partial charge in [-0.05, 0) is 37.3 Å². The van der Waals surface area contributed by atoms with Crippen molar-refractivity contribution in [3.63, 3.8) is 0 Å². The topological polar surface area (TPSA) is 76.7 Å². The zero-order chi connectivity index (χ0) is 17.5. The van der Waals surface area contributed by atoms with Crippen molar-refractivity contribution < 1.29 is 23.5 Å². The number of halogens is 2. The summed E-state index contributed by atoms with van der Waals surface area (Å²) in [6.07, 6.45) is -1.40. The third-order valence-corrected chi connectivity index (χ3v) is 3.02. The molecule has 2 rings (SSSR count). The van der Waals surface area contributed by atoms with E-state index in [4.69, 9.17) is 21.1 Å². The maximum atomic E-state index is 13.1. The molecule has 0 bridgehead atoms. The van der Waals surface area contributed by atoms with E-state index in [0.29, 0.717) is 5.69 Å². The summed E-state index contributed by atoms with van der Waals surface area (Å²) < 4.78 is 22.9. The second-order valence-corrected chi connectivity index (χ2v) is 4.92. The van der Waals surface area contributed by atoms with Gasteiger partial charge in [-0.1, -0.05) is 17.7 Å². The number of carbonyl (C=O) groups is 2. The molecule has 2 N–H and O–H groups in total. The molecule has 24 heavy (non-hydrogen) atoms. The molecule has 2 aromatic rings. The van der Waals surface area contributed by atoms with Crippen LogP contribution in [0.25, 0.3) is 0 Å². The van der Waals surface area contributed by atoms with Crippen molar-refractivity contribution in [1.82, 2.24) is 0 Å². The third-order valence-electron chi connectivity index (χ3n) is 2.73. The molecule has 0 fully saturated rings. The van der Waals surface area contributed by atoms with Gasteiger partial charge in [-0.2, -0.15) is 0 Å². The molecule has 0 aliphatic carbocycles. The highest BCUT2D eigenvalue weighted by Gasteiger charge is 2.09. The standard InChI is InChI=1S/C16H14ClFN2O4/c1-2-23-15(21)19-10-4-3-5-12(8-10)24-16(22)20-11-6-7-14(18)13(17)9-11/h3-9H,2H2,1H3,(H,19,21)(H,20,22). The molecule has 0 heterocycles. The van der Waals surface area contributed by atoms with Crippen molar-refractivity contribution in [1.29, 1.82) is 0 Å². The maximum absolute atomic E-state index is 13.1. The van der Waals surface area contributed by atoms with Gasteiger partial charge in [0.15, 0.2) is 0 Å². The predicted octanol–water partition coefficient (Wildman–Crippen LogP) is 4.66.